The zero-order chi connectivity index (χ0) is 32.9. The van der Waals surface area contributed by atoms with E-state index < -0.39 is 20.0 Å². The summed E-state index contributed by atoms with van der Waals surface area (Å²) in [7, 11) is 0. The minimum atomic E-state index is -3.12. The summed E-state index contributed by atoms with van der Waals surface area (Å²) < 4.78 is 6.90. The van der Waals surface area contributed by atoms with Gasteiger partial charge >= 0.3 is 290 Å². The molecule has 0 amide bonds. The van der Waals surface area contributed by atoms with Crippen LogP contribution in [0.2, 0.25) is 9.36 Å². The molecule has 1 heteroatoms. The van der Waals surface area contributed by atoms with E-state index in [0.29, 0.717) is 7.35 Å². The molecule has 1 aliphatic heterocycles. The van der Waals surface area contributed by atoms with Crippen LogP contribution in [0.25, 0.3) is 34.4 Å². The standard InChI is InChI=1S/C44H46.2CH3.Hf/c1-42(2,3)34-18-10-14-30(24-34)38-20-12-16-32-26-36(28-40(32)38)44(22-8-7-9-23-44)37-27-33-17-13-21-39(41(33)29-37)31-15-11-19-35(25-31)43(4,5)6;;;/h10-21,24-29H,7-9,22-23H2,1-6H3;2*1H3;. The number of hydrogen-bond donors (Lipinski definition) is 0. The van der Waals surface area contributed by atoms with Gasteiger partial charge in [0.05, 0.1) is 0 Å². The molecule has 0 nitrogen and oxygen atoms in total. The predicted octanol–water partition coefficient (Wildman–Crippen LogP) is 13.4. The zero-order valence-corrected chi connectivity index (χ0v) is 33.5. The maximum absolute atomic E-state index is 3.12. The maximum atomic E-state index is 2.81. The fourth-order valence-electron chi connectivity index (χ4n) is 10.1. The van der Waals surface area contributed by atoms with Crippen LogP contribution in [0.5, 0.6) is 0 Å². The second-order valence-electron chi connectivity index (χ2n) is 17.8. The number of hydrogen-bond acceptors (Lipinski definition) is 0. The van der Waals surface area contributed by atoms with Gasteiger partial charge in [-0.05, 0) is 0 Å². The van der Waals surface area contributed by atoms with Gasteiger partial charge in [0, 0.05) is 0 Å². The van der Waals surface area contributed by atoms with Crippen LogP contribution in [-0.2, 0) is 30.8 Å². The molecule has 8 rings (SSSR count). The number of benzene rings is 4. The van der Waals surface area contributed by atoms with E-state index >= 15 is 0 Å². The monoisotopic (exact) mass is 784 g/mol. The van der Waals surface area contributed by atoms with Crippen molar-refractivity contribution in [3.05, 3.63) is 129 Å². The number of fused-ring (bicyclic) bond motifs is 8. The van der Waals surface area contributed by atoms with Crippen molar-refractivity contribution in [2.75, 3.05) is 0 Å². The topological polar surface area (TPSA) is 0 Å². The molecule has 3 aliphatic carbocycles. The summed E-state index contributed by atoms with van der Waals surface area (Å²) >= 11 is -3.12. The quantitative estimate of drug-likeness (QED) is 0.178. The van der Waals surface area contributed by atoms with E-state index in [2.05, 4.69) is 148 Å². The van der Waals surface area contributed by atoms with Crippen molar-refractivity contribution < 1.29 is 20.0 Å². The van der Waals surface area contributed by atoms with E-state index in [-0.39, 0.29) is 16.2 Å². The van der Waals surface area contributed by atoms with Gasteiger partial charge in [-0.25, -0.2) is 0 Å². The summed E-state index contributed by atoms with van der Waals surface area (Å²) in [5, 5.41) is 0. The van der Waals surface area contributed by atoms with E-state index in [9.17, 15) is 0 Å². The summed E-state index contributed by atoms with van der Waals surface area (Å²) in [6, 6.07) is 33.4. The van der Waals surface area contributed by atoms with Crippen LogP contribution in [0.3, 0.4) is 0 Å². The Hall–Kier alpha value is -2.77. The second-order valence-corrected chi connectivity index (χ2v) is 35.0. The Kier molecular flexibility index (Phi) is 7.28. The Morgan fingerprint density at radius 2 is 0.979 bits per heavy atom. The summed E-state index contributed by atoms with van der Waals surface area (Å²) in [6.07, 6.45) is 12.2. The molecule has 4 aliphatic rings. The molecule has 1 spiro atoms. The zero-order valence-electron chi connectivity index (χ0n) is 29.9. The Labute approximate surface area is 288 Å². The molecule has 1 saturated carbocycles. The average molecular weight is 783 g/mol. The molecule has 2 atom stereocenters. The van der Waals surface area contributed by atoms with Gasteiger partial charge in [-0.1, -0.05) is 0 Å². The van der Waals surface area contributed by atoms with Crippen LogP contribution < -0.4 is 0 Å². The van der Waals surface area contributed by atoms with Crippen LogP contribution in [0.4, 0.5) is 0 Å². The van der Waals surface area contributed by atoms with Crippen molar-refractivity contribution in [1.82, 2.24) is 0 Å². The Morgan fingerprint density at radius 3 is 1.40 bits per heavy atom. The Balaban J connectivity index is 1.32. The third-order valence-electron chi connectivity index (χ3n) is 12.5. The molecule has 2 fully saturated rings. The van der Waals surface area contributed by atoms with Crippen LogP contribution in [0.1, 0.15) is 114 Å². The Morgan fingerprint density at radius 1 is 0.553 bits per heavy atom. The second kappa shape index (κ2) is 10.9. The fourth-order valence-corrected chi connectivity index (χ4v) is 27.2. The molecule has 47 heavy (non-hydrogen) atoms. The van der Waals surface area contributed by atoms with E-state index in [4.69, 9.17) is 0 Å². The van der Waals surface area contributed by atoms with Gasteiger partial charge in [-0.15, -0.1) is 0 Å². The average Bonchev–Trinajstić information content (AvgIpc) is 3.66. The van der Waals surface area contributed by atoms with Crippen molar-refractivity contribution >= 4 is 12.2 Å². The normalized spacial score (nSPS) is 22.2. The summed E-state index contributed by atoms with van der Waals surface area (Å²) in [6.45, 7) is 14.0. The molecule has 1 saturated heterocycles. The molecule has 4 aromatic rings. The minimum absolute atomic E-state index is 0.135. The van der Waals surface area contributed by atoms with Crippen LogP contribution >= 0.6 is 0 Å². The van der Waals surface area contributed by atoms with Gasteiger partial charge in [-0.3, -0.25) is 0 Å². The molecular formula is C46H52Hf. The predicted molar refractivity (Wildman–Crippen MR) is 200 cm³/mol. The van der Waals surface area contributed by atoms with Gasteiger partial charge in [0.25, 0.3) is 0 Å². The summed E-state index contributed by atoms with van der Waals surface area (Å²) in [4.78, 5) is 0. The first-order valence-corrected chi connectivity index (χ1v) is 29.6. The third kappa shape index (κ3) is 4.84. The molecule has 0 bridgehead atoms. The molecular weight excluding hydrogens is 731 g/mol. The van der Waals surface area contributed by atoms with E-state index in [1.807, 2.05) is 11.1 Å². The third-order valence-corrected chi connectivity index (χ3v) is 27.7. The van der Waals surface area contributed by atoms with Gasteiger partial charge < -0.3 is 0 Å². The molecule has 0 radical (unpaired) electrons. The van der Waals surface area contributed by atoms with Crippen molar-refractivity contribution in [3.8, 4) is 22.3 Å². The molecule has 1 heterocycles. The van der Waals surface area contributed by atoms with Crippen LogP contribution in [0.15, 0.2) is 96.1 Å². The summed E-state index contributed by atoms with van der Waals surface area (Å²) in [5.74, 6) is 0. The SMILES string of the molecule is CC(C)(C)c1cccc(-c2cccc3c2C=C2[CH]3[Hf]([CH3])([CH3])[CH]3C(=Cc4c(-c5cccc(C(C)(C)C)c5)cccc43)C23CCCCC3)c1. The van der Waals surface area contributed by atoms with Gasteiger partial charge in [0.1, 0.15) is 0 Å². The fraction of sp³-hybridized carbons (Fsp3) is 0.391. The van der Waals surface area contributed by atoms with Crippen LogP contribution in [0, 0.1) is 5.41 Å². The van der Waals surface area contributed by atoms with E-state index in [0.717, 1.165) is 0 Å². The summed E-state index contributed by atoms with van der Waals surface area (Å²) in [5.41, 5.74) is 18.9. The molecule has 2 unspecified atom stereocenters. The van der Waals surface area contributed by atoms with Crippen molar-refractivity contribution in [2.24, 2.45) is 5.41 Å². The van der Waals surface area contributed by atoms with Crippen LogP contribution in [-0.4, -0.2) is 0 Å². The van der Waals surface area contributed by atoms with Gasteiger partial charge in [0.2, 0.25) is 0 Å². The first-order chi connectivity index (χ1) is 22.3. The molecule has 0 aromatic heterocycles. The molecule has 4 aromatic carbocycles. The van der Waals surface area contributed by atoms with Crippen molar-refractivity contribution in [1.29, 1.82) is 0 Å². The Bertz CT molecular complexity index is 1830. The van der Waals surface area contributed by atoms with Gasteiger partial charge in [0.15, 0.2) is 0 Å². The van der Waals surface area contributed by atoms with E-state index in [1.54, 1.807) is 11.1 Å². The number of rotatable bonds is 2. The first-order valence-electron chi connectivity index (χ1n) is 18.2. The molecule has 0 N–H and O–H groups in total. The van der Waals surface area contributed by atoms with Gasteiger partial charge in [-0.2, -0.15) is 0 Å². The number of allylic oxidation sites excluding steroid dienone is 2. The first kappa shape index (κ1) is 31.5. The van der Waals surface area contributed by atoms with Crippen molar-refractivity contribution in [2.45, 2.75) is 101 Å². The van der Waals surface area contributed by atoms with Crippen molar-refractivity contribution in [3.63, 3.8) is 0 Å². The molecule has 240 valence electrons. The van der Waals surface area contributed by atoms with E-state index in [1.165, 1.54) is 76.6 Å².